The predicted octanol–water partition coefficient (Wildman–Crippen LogP) is 0.780. The summed E-state index contributed by atoms with van der Waals surface area (Å²) in [6, 6.07) is 3.56. The standard InChI is InChI=1S/C10H14N2O2S.ClH/c13-15(14,10-3-5-12-7-10)8-9-2-1-4-11-6-9;/h1-2,4,6,10,12H,3,5,7-8H2;1H/t10-;/m0./s1. The van der Waals surface area contributed by atoms with Gasteiger partial charge in [-0.3, -0.25) is 4.98 Å². The van der Waals surface area contributed by atoms with Crippen molar-refractivity contribution >= 4 is 22.2 Å². The van der Waals surface area contributed by atoms with Gasteiger partial charge in [-0.25, -0.2) is 8.42 Å². The highest BCUT2D eigenvalue weighted by Crippen LogP contribution is 2.15. The molecular weight excluding hydrogens is 248 g/mol. The molecule has 0 amide bonds. The fourth-order valence-corrected chi connectivity index (χ4v) is 3.49. The summed E-state index contributed by atoms with van der Waals surface area (Å²) in [5.74, 6) is 0.104. The molecule has 4 nitrogen and oxygen atoms in total. The van der Waals surface area contributed by atoms with E-state index in [2.05, 4.69) is 10.3 Å². The Morgan fingerprint density at radius 2 is 2.31 bits per heavy atom. The van der Waals surface area contributed by atoms with Crippen molar-refractivity contribution in [2.45, 2.75) is 17.4 Å². The molecule has 1 atom stereocenters. The number of rotatable bonds is 3. The second-order valence-corrected chi connectivity index (χ2v) is 6.06. The summed E-state index contributed by atoms with van der Waals surface area (Å²) in [5.41, 5.74) is 0.768. The molecule has 0 aromatic carbocycles. The van der Waals surface area contributed by atoms with Gasteiger partial charge >= 0.3 is 0 Å². The number of halogens is 1. The minimum atomic E-state index is -3.02. The van der Waals surface area contributed by atoms with Crippen LogP contribution in [0.1, 0.15) is 12.0 Å². The maximum absolute atomic E-state index is 11.9. The maximum atomic E-state index is 11.9. The number of nitrogens with one attached hydrogen (secondary N) is 1. The lowest BCUT2D eigenvalue weighted by Gasteiger charge is -2.09. The van der Waals surface area contributed by atoms with Gasteiger partial charge in [0, 0.05) is 18.9 Å². The average Bonchev–Trinajstić information content (AvgIpc) is 2.71. The monoisotopic (exact) mass is 262 g/mol. The van der Waals surface area contributed by atoms with E-state index in [9.17, 15) is 8.42 Å². The van der Waals surface area contributed by atoms with Crippen LogP contribution in [0, 0.1) is 0 Å². The summed E-state index contributed by atoms with van der Waals surface area (Å²) in [5, 5.41) is 2.85. The van der Waals surface area contributed by atoms with E-state index in [-0.39, 0.29) is 23.4 Å². The smallest absolute Gasteiger partial charge is 0.158 e. The fraction of sp³-hybridized carbons (Fsp3) is 0.500. The van der Waals surface area contributed by atoms with Crippen LogP contribution in [0.4, 0.5) is 0 Å². The average molecular weight is 263 g/mol. The van der Waals surface area contributed by atoms with Crippen LogP contribution in [-0.2, 0) is 15.6 Å². The third kappa shape index (κ3) is 3.17. The Morgan fingerprint density at radius 1 is 1.50 bits per heavy atom. The molecule has 0 saturated carbocycles. The van der Waals surface area contributed by atoms with Crippen molar-refractivity contribution < 1.29 is 8.42 Å². The normalized spacial score (nSPS) is 20.4. The quantitative estimate of drug-likeness (QED) is 0.875. The van der Waals surface area contributed by atoms with E-state index < -0.39 is 9.84 Å². The number of sulfone groups is 1. The van der Waals surface area contributed by atoms with Crippen LogP contribution in [-0.4, -0.2) is 31.7 Å². The van der Waals surface area contributed by atoms with Crippen LogP contribution < -0.4 is 5.32 Å². The minimum absolute atomic E-state index is 0. The van der Waals surface area contributed by atoms with Crippen LogP contribution in [0.3, 0.4) is 0 Å². The summed E-state index contributed by atoms with van der Waals surface area (Å²) < 4.78 is 23.9. The first-order chi connectivity index (χ1) is 7.18. The second kappa shape index (κ2) is 5.61. The summed E-state index contributed by atoms with van der Waals surface area (Å²) in [6.07, 6.45) is 3.98. The Balaban J connectivity index is 0.00000128. The molecule has 1 fully saturated rings. The number of nitrogens with zero attached hydrogens (tertiary/aromatic N) is 1. The van der Waals surface area contributed by atoms with Gasteiger partial charge in [-0.2, -0.15) is 0 Å². The van der Waals surface area contributed by atoms with Gasteiger partial charge < -0.3 is 5.32 Å². The molecule has 1 saturated heterocycles. The molecule has 0 radical (unpaired) electrons. The highest BCUT2D eigenvalue weighted by Gasteiger charge is 2.28. The van der Waals surface area contributed by atoms with Crippen LogP contribution >= 0.6 is 12.4 Å². The minimum Gasteiger partial charge on any atom is -0.315 e. The van der Waals surface area contributed by atoms with Gasteiger partial charge in [0.15, 0.2) is 9.84 Å². The molecule has 16 heavy (non-hydrogen) atoms. The summed E-state index contributed by atoms with van der Waals surface area (Å²) in [6.45, 7) is 1.39. The maximum Gasteiger partial charge on any atom is 0.158 e. The van der Waals surface area contributed by atoms with Crippen molar-refractivity contribution in [1.82, 2.24) is 10.3 Å². The van der Waals surface area contributed by atoms with Crippen LogP contribution in [0.25, 0.3) is 0 Å². The van der Waals surface area contributed by atoms with Gasteiger partial charge in [0.2, 0.25) is 0 Å². The zero-order valence-electron chi connectivity index (χ0n) is 8.80. The lowest BCUT2D eigenvalue weighted by atomic mass is 10.3. The first-order valence-corrected chi connectivity index (χ1v) is 6.71. The lowest BCUT2D eigenvalue weighted by molar-refractivity contribution is 0.582. The third-order valence-electron chi connectivity index (χ3n) is 2.61. The Morgan fingerprint density at radius 3 is 2.88 bits per heavy atom. The van der Waals surface area contributed by atoms with E-state index in [1.54, 1.807) is 24.5 Å². The van der Waals surface area contributed by atoms with E-state index >= 15 is 0 Å². The molecule has 2 rings (SSSR count). The van der Waals surface area contributed by atoms with E-state index in [1.165, 1.54) is 0 Å². The van der Waals surface area contributed by atoms with Crippen molar-refractivity contribution in [2.24, 2.45) is 0 Å². The third-order valence-corrected chi connectivity index (χ3v) is 4.77. The van der Waals surface area contributed by atoms with E-state index in [0.717, 1.165) is 18.5 Å². The Bertz CT molecular complexity index is 416. The fourth-order valence-electron chi connectivity index (χ4n) is 1.77. The predicted molar refractivity (Wildman–Crippen MR) is 65.4 cm³/mol. The van der Waals surface area contributed by atoms with E-state index in [0.29, 0.717) is 6.54 Å². The Kier molecular flexibility index (Phi) is 4.70. The van der Waals surface area contributed by atoms with Gasteiger partial charge in [0.05, 0.1) is 11.0 Å². The summed E-state index contributed by atoms with van der Waals surface area (Å²) in [4.78, 5) is 3.92. The van der Waals surface area contributed by atoms with E-state index in [1.807, 2.05) is 0 Å². The molecule has 1 aromatic rings. The van der Waals surface area contributed by atoms with Gasteiger partial charge in [-0.1, -0.05) is 6.07 Å². The van der Waals surface area contributed by atoms with Gasteiger partial charge in [-0.05, 0) is 24.6 Å². The molecule has 1 N–H and O–H groups in total. The van der Waals surface area contributed by atoms with Crippen molar-refractivity contribution in [3.63, 3.8) is 0 Å². The number of hydrogen-bond donors (Lipinski definition) is 1. The van der Waals surface area contributed by atoms with Crippen LogP contribution in [0.15, 0.2) is 24.5 Å². The Labute approximate surface area is 102 Å². The molecule has 0 unspecified atom stereocenters. The number of pyridine rings is 1. The van der Waals surface area contributed by atoms with E-state index in [4.69, 9.17) is 0 Å². The first-order valence-electron chi connectivity index (χ1n) is 5.00. The van der Waals surface area contributed by atoms with Gasteiger partial charge in [-0.15, -0.1) is 12.4 Å². The molecule has 0 spiro atoms. The zero-order chi connectivity index (χ0) is 10.7. The van der Waals surface area contributed by atoms with Crippen molar-refractivity contribution in [3.05, 3.63) is 30.1 Å². The van der Waals surface area contributed by atoms with Crippen molar-refractivity contribution in [1.29, 1.82) is 0 Å². The largest absolute Gasteiger partial charge is 0.315 e. The van der Waals surface area contributed by atoms with Crippen molar-refractivity contribution in [2.75, 3.05) is 13.1 Å². The second-order valence-electron chi connectivity index (χ2n) is 3.78. The number of hydrogen-bond acceptors (Lipinski definition) is 4. The molecule has 6 heteroatoms. The molecule has 0 aliphatic carbocycles. The van der Waals surface area contributed by atoms with Gasteiger partial charge in [0.1, 0.15) is 0 Å². The molecule has 1 aliphatic heterocycles. The highest BCUT2D eigenvalue weighted by atomic mass is 35.5. The van der Waals surface area contributed by atoms with Gasteiger partial charge in [0.25, 0.3) is 0 Å². The first kappa shape index (κ1) is 13.4. The number of aromatic nitrogens is 1. The topological polar surface area (TPSA) is 59.1 Å². The lowest BCUT2D eigenvalue weighted by Crippen LogP contribution is -2.25. The summed E-state index contributed by atoms with van der Waals surface area (Å²) in [7, 11) is -3.02. The van der Waals surface area contributed by atoms with Crippen LogP contribution in [0.5, 0.6) is 0 Å². The van der Waals surface area contributed by atoms with Crippen LogP contribution in [0.2, 0.25) is 0 Å². The zero-order valence-corrected chi connectivity index (χ0v) is 10.4. The molecule has 1 aliphatic rings. The molecule has 1 aromatic heterocycles. The molecule has 90 valence electrons. The molecular formula is C10H15ClN2O2S. The molecule has 2 heterocycles. The molecule has 0 bridgehead atoms. The SMILES string of the molecule is Cl.O=S(=O)(Cc1cccnc1)[C@H]1CCNC1. The Hall–Kier alpha value is -0.650. The summed E-state index contributed by atoms with van der Waals surface area (Å²) >= 11 is 0. The van der Waals surface area contributed by atoms with Crippen molar-refractivity contribution in [3.8, 4) is 0 Å². The highest BCUT2D eigenvalue weighted by molar-refractivity contribution is 7.91.